The Morgan fingerprint density at radius 2 is 0.865 bits per heavy atom. The maximum Gasteiger partial charge on any atom is 0.185 e. The van der Waals surface area contributed by atoms with Crippen molar-refractivity contribution < 1.29 is 19.2 Å². The van der Waals surface area contributed by atoms with Gasteiger partial charge in [-0.3, -0.25) is 40.2 Å². The minimum Gasteiger partial charge on any atom is -0.370 e. The van der Waals surface area contributed by atoms with E-state index in [4.69, 9.17) is 57.3 Å². The predicted octanol–water partition coefficient (Wildman–Crippen LogP) is -3.78. The minimum atomic E-state index is -0.931. The van der Waals surface area contributed by atoms with E-state index in [1.165, 1.54) is 21.6 Å². The first-order valence-electron chi connectivity index (χ1n) is 17.2. The number of hydrogen-bond acceptors (Lipinski definition) is 14. The van der Waals surface area contributed by atoms with Gasteiger partial charge in [0.15, 0.2) is 35.4 Å². The van der Waals surface area contributed by atoms with Crippen LogP contribution in [0.4, 0.5) is 0 Å². The summed E-state index contributed by atoms with van der Waals surface area (Å²) >= 11 is 0. The summed E-state index contributed by atoms with van der Waals surface area (Å²) in [5.74, 6) is -3.27. The molecule has 0 spiro atoms. The van der Waals surface area contributed by atoms with Crippen molar-refractivity contribution in [2.24, 2.45) is 95.1 Å². The summed E-state index contributed by atoms with van der Waals surface area (Å²) in [5.41, 5.74) is 56.5. The molecular weight excluding hydrogens is 713 g/mol. The number of aliphatic imine (C=N–C) groups is 4. The standard InChI is InChI=1S/C30H60N16O4S2/c1-16-21(23(49)19(31)8-4-12-43-29(37)38)25(45-17(14-47)6-2-10-41-27(33)34)51-52-26(46-18(15-48)7-3-11-42-28(35)36)22(16)24(50)20(32)9-5-13-44-30(39)40/h14-22,25-26,45-46H,2-13,31-32H2,1H3,(H4,33,34,41)(H4,35,36,42)(H4,37,38,43)(H4,39,40,44)/t16?,17-,18-,19+,20+,21?,22?,25?,26?/m1/s1. The van der Waals surface area contributed by atoms with Crippen LogP contribution in [-0.2, 0) is 19.2 Å². The maximum atomic E-state index is 14.3. The van der Waals surface area contributed by atoms with Gasteiger partial charge in [-0.1, -0.05) is 28.5 Å². The average molecular weight is 773 g/mol. The van der Waals surface area contributed by atoms with E-state index in [9.17, 15) is 19.2 Å². The van der Waals surface area contributed by atoms with Crippen LogP contribution in [0, 0.1) is 17.8 Å². The van der Waals surface area contributed by atoms with E-state index >= 15 is 0 Å². The van der Waals surface area contributed by atoms with Crippen molar-refractivity contribution in [2.45, 2.75) is 93.2 Å². The van der Waals surface area contributed by atoms with Gasteiger partial charge in [-0.25, -0.2) is 0 Å². The van der Waals surface area contributed by atoms with Gasteiger partial charge in [0.1, 0.15) is 12.6 Å². The quantitative estimate of drug-likeness (QED) is 0.0132. The summed E-state index contributed by atoms with van der Waals surface area (Å²) in [4.78, 5) is 69.1. The van der Waals surface area contributed by atoms with E-state index in [1.807, 2.05) is 0 Å². The number of Topliss-reactive ketones (excluding diaryl/α,β-unsaturated/α-hetero) is 2. The van der Waals surface area contributed by atoms with Gasteiger partial charge in [0.2, 0.25) is 0 Å². The molecule has 0 aromatic heterocycles. The predicted molar refractivity (Wildman–Crippen MR) is 210 cm³/mol. The van der Waals surface area contributed by atoms with Gasteiger partial charge in [-0.2, -0.15) is 0 Å². The number of hydrogen-bond donors (Lipinski definition) is 12. The highest BCUT2D eigenvalue weighted by Crippen LogP contribution is 2.47. The van der Waals surface area contributed by atoms with Crippen molar-refractivity contribution in [3.8, 4) is 0 Å². The van der Waals surface area contributed by atoms with E-state index < -0.39 is 52.7 Å². The molecule has 20 nitrogen and oxygen atoms in total. The molecule has 0 bridgehead atoms. The van der Waals surface area contributed by atoms with Crippen LogP contribution in [0.2, 0.25) is 0 Å². The molecular formula is C30H60N16O4S2. The third kappa shape index (κ3) is 17.7. The summed E-state index contributed by atoms with van der Waals surface area (Å²) in [6, 6.07) is -3.22. The van der Waals surface area contributed by atoms with Gasteiger partial charge in [0, 0.05) is 38.0 Å². The smallest absolute Gasteiger partial charge is 0.185 e. The van der Waals surface area contributed by atoms with Crippen molar-refractivity contribution in [3.63, 3.8) is 0 Å². The molecule has 1 heterocycles. The van der Waals surface area contributed by atoms with E-state index in [1.54, 1.807) is 6.92 Å². The Morgan fingerprint density at radius 3 is 1.13 bits per heavy atom. The molecule has 0 radical (unpaired) electrons. The third-order valence-electron chi connectivity index (χ3n) is 8.39. The number of nitrogens with zero attached hydrogens (tertiary/aromatic N) is 4. The second kappa shape index (κ2) is 25.3. The summed E-state index contributed by atoms with van der Waals surface area (Å²) in [5, 5.41) is 5.31. The molecule has 0 aromatic carbocycles. The zero-order valence-corrected chi connectivity index (χ0v) is 31.5. The lowest BCUT2D eigenvalue weighted by atomic mass is 9.74. The van der Waals surface area contributed by atoms with Crippen LogP contribution in [0.15, 0.2) is 20.0 Å². The molecule has 1 saturated heterocycles. The van der Waals surface area contributed by atoms with E-state index in [-0.39, 0.29) is 61.3 Å². The van der Waals surface area contributed by atoms with Crippen LogP contribution in [-0.4, -0.2) is 109 Å². The van der Waals surface area contributed by atoms with Crippen molar-refractivity contribution in [1.82, 2.24) is 10.6 Å². The normalized spacial score (nSPS) is 22.3. The second-order valence-corrected chi connectivity index (χ2v) is 15.1. The Bertz CT molecular complexity index is 1150. The Balaban J connectivity index is 3.57. The average Bonchev–Trinajstić information content (AvgIpc) is 3.21. The van der Waals surface area contributed by atoms with Gasteiger partial charge in [0.25, 0.3) is 0 Å². The number of nitrogens with two attached hydrogens (primary N) is 10. The fourth-order valence-corrected chi connectivity index (χ4v) is 9.23. The number of guanidine groups is 4. The molecule has 1 aliphatic heterocycles. The van der Waals surface area contributed by atoms with E-state index in [2.05, 4.69) is 30.6 Å². The summed E-state index contributed by atoms with van der Waals surface area (Å²) in [6.07, 6.45) is 4.64. The van der Waals surface area contributed by atoms with E-state index in [0.29, 0.717) is 51.6 Å². The third-order valence-corrected chi connectivity index (χ3v) is 11.4. The van der Waals surface area contributed by atoms with Crippen molar-refractivity contribution >= 4 is 69.6 Å². The van der Waals surface area contributed by atoms with Gasteiger partial charge >= 0.3 is 0 Å². The largest absolute Gasteiger partial charge is 0.370 e. The van der Waals surface area contributed by atoms with Crippen LogP contribution in [0.5, 0.6) is 0 Å². The molecule has 22 heteroatoms. The molecule has 1 rings (SSSR count). The minimum absolute atomic E-state index is 0.0618. The van der Waals surface area contributed by atoms with Gasteiger partial charge in [-0.15, -0.1) is 0 Å². The molecule has 22 N–H and O–H groups in total. The molecule has 1 aliphatic rings. The topological polar surface area (TPSA) is 402 Å². The summed E-state index contributed by atoms with van der Waals surface area (Å²) < 4.78 is 0. The van der Waals surface area contributed by atoms with Crippen LogP contribution in [0.25, 0.3) is 0 Å². The molecule has 296 valence electrons. The molecule has 52 heavy (non-hydrogen) atoms. The number of nitrogens with one attached hydrogen (secondary N) is 2. The molecule has 0 saturated carbocycles. The van der Waals surface area contributed by atoms with Crippen molar-refractivity contribution in [1.29, 1.82) is 0 Å². The SMILES string of the molecule is CC1C(C(=O)[C@@H](N)CCCN=C(N)N)C(N[C@@H](C=O)CCCN=C(N)N)SSC(N[C@@H](C=O)CCCN=C(N)N)C1C(=O)[C@@H](N)CCCN=C(N)N. The number of ketones is 2. The fourth-order valence-electron chi connectivity index (χ4n) is 5.75. The van der Waals surface area contributed by atoms with Crippen LogP contribution in [0.1, 0.15) is 58.3 Å². The van der Waals surface area contributed by atoms with Gasteiger partial charge in [0.05, 0.1) is 34.9 Å². The molecule has 1 fully saturated rings. The highest BCUT2D eigenvalue weighted by atomic mass is 33.1. The highest BCUT2D eigenvalue weighted by molar-refractivity contribution is 8.77. The lowest BCUT2D eigenvalue weighted by Crippen LogP contribution is -2.54. The Labute approximate surface area is 313 Å². The Hall–Kier alpha value is -3.70. The number of carbonyl (C=O) groups is 4. The maximum absolute atomic E-state index is 14.3. The number of rotatable bonds is 26. The molecule has 0 aromatic rings. The summed E-state index contributed by atoms with van der Waals surface area (Å²) in [6.45, 7) is 2.96. The van der Waals surface area contributed by atoms with E-state index in [0.717, 1.165) is 12.6 Å². The Kier molecular flexibility index (Phi) is 22.5. The first kappa shape index (κ1) is 46.3. The lowest BCUT2D eigenvalue weighted by Gasteiger charge is -2.36. The van der Waals surface area contributed by atoms with Crippen molar-refractivity contribution in [3.05, 3.63) is 0 Å². The lowest BCUT2D eigenvalue weighted by molar-refractivity contribution is -0.131. The molecule has 0 aliphatic carbocycles. The zero-order valence-electron chi connectivity index (χ0n) is 29.8. The van der Waals surface area contributed by atoms with Crippen LogP contribution >= 0.6 is 21.6 Å². The Morgan fingerprint density at radius 1 is 0.577 bits per heavy atom. The first-order valence-corrected chi connectivity index (χ1v) is 19.4. The van der Waals surface area contributed by atoms with Crippen LogP contribution in [0.3, 0.4) is 0 Å². The number of carbonyl (C=O) groups excluding carboxylic acids is 4. The first-order chi connectivity index (χ1) is 24.6. The van der Waals surface area contributed by atoms with Gasteiger partial charge in [-0.05, 0) is 57.3 Å². The number of aldehydes is 2. The molecule has 4 unspecified atom stereocenters. The molecule has 0 amide bonds. The second-order valence-electron chi connectivity index (χ2n) is 12.6. The monoisotopic (exact) mass is 772 g/mol. The highest BCUT2D eigenvalue weighted by Gasteiger charge is 2.49. The van der Waals surface area contributed by atoms with Gasteiger partial charge < -0.3 is 66.9 Å². The fraction of sp³-hybridized carbons (Fsp3) is 0.733. The zero-order chi connectivity index (χ0) is 39.2. The molecule has 8 atom stereocenters. The van der Waals surface area contributed by atoms with Crippen molar-refractivity contribution in [2.75, 3.05) is 26.2 Å². The van der Waals surface area contributed by atoms with Crippen LogP contribution < -0.4 is 68.0 Å². The summed E-state index contributed by atoms with van der Waals surface area (Å²) in [7, 11) is 2.58.